The molecule has 3 nitrogen and oxygen atoms in total. The fraction of sp³-hybridized carbons (Fsp3) is 0.462. The third-order valence-corrected chi connectivity index (χ3v) is 2.94. The number of hydrogen-bond donors (Lipinski definition) is 0. The Hall–Kier alpha value is -1.51. The molecule has 0 bridgehead atoms. The molecule has 0 radical (unpaired) electrons. The molecule has 1 aromatic carbocycles. The molecular formula is C13H15O3-. The summed E-state index contributed by atoms with van der Waals surface area (Å²) in [5.74, 6) is -0.402. The van der Waals surface area contributed by atoms with E-state index in [1.165, 1.54) is 31.4 Å². The monoisotopic (exact) mass is 219 g/mol. The molecule has 2 rings (SSSR count). The Morgan fingerprint density at radius 1 is 1.12 bits per heavy atom. The average molecular weight is 219 g/mol. The Labute approximate surface area is 95.0 Å². The molecule has 3 heteroatoms. The van der Waals surface area contributed by atoms with Crippen molar-refractivity contribution in [2.24, 2.45) is 0 Å². The topological polar surface area (TPSA) is 49.4 Å². The number of aromatic carboxylic acids is 1. The van der Waals surface area contributed by atoms with Crippen LogP contribution in [0, 0.1) is 0 Å². The maximum Gasteiger partial charge on any atom is 0.119 e. The van der Waals surface area contributed by atoms with Crippen LogP contribution in [0.1, 0.15) is 42.5 Å². The second-order valence-corrected chi connectivity index (χ2v) is 4.19. The Kier molecular flexibility index (Phi) is 3.44. The Morgan fingerprint density at radius 2 is 1.75 bits per heavy atom. The Morgan fingerprint density at radius 3 is 2.31 bits per heavy atom. The number of carbonyl (C=O) groups is 1. The molecule has 0 N–H and O–H groups in total. The number of carboxylic acid groups (broad SMARTS) is 1. The van der Waals surface area contributed by atoms with Crippen molar-refractivity contribution in [2.75, 3.05) is 0 Å². The lowest BCUT2D eigenvalue weighted by atomic mass is 9.98. The van der Waals surface area contributed by atoms with E-state index in [4.69, 9.17) is 4.74 Å². The molecule has 0 saturated heterocycles. The van der Waals surface area contributed by atoms with Gasteiger partial charge in [-0.25, -0.2) is 0 Å². The minimum atomic E-state index is -1.15. The van der Waals surface area contributed by atoms with E-state index < -0.39 is 5.97 Å². The van der Waals surface area contributed by atoms with Crippen LogP contribution in [0.25, 0.3) is 0 Å². The maximum absolute atomic E-state index is 10.6. The normalized spacial score (nSPS) is 17.0. The van der Waals surface area contributed by atoms with E-state index >= 15 is 0 Å². The van der Waals surface area contributed by atoms with Crippen LogP contribution in [0.15, 0.2) is 24.3 Å². The average Bonchev–Trinajstić information content (AvgIpc) is 2.31. The van der Waals surface area contributed by atoms with E-state index in [9.17, 15) is 9.90 Å². The number of benzene rings is 1. The maximum atomic E-state index is 10.6. The van der Waals surface area contributed by atoms with E-state index in [2.05, 4.69) is 0 Å². The largest absolute Gasteiger partial charge is 0.545 e. The highest BCUT2D eigenvalue weighted by atomic mass is 16.5. The predicted octanol–water partition coefficient (Wildman–Crippen LogP) is 1.76. The van der Waals surface area contributed by atoms with Crippen molar-refractivity contribution < 1.29 is 14.6 Å². The van der Waals surface area contributed by atoms with Gasteiger partial charge in [0.05, 0.1) is 12.1 Å². The fourth-order valence-corrected chi connectivity index (χ4v) is 2.05. The molecule has 0 heterocycles. The van der Waals surface area contributed by atoms with Crippen molar-refractivity contribution in [3.05, 3.63) is 29.8 Å². The highest BCUT2D eigenvalue weighted by Gasteiger charge is 2.14. The Bertz CT molecular complexity index is 350. The van der Waals surface area contributed by atoms with Gasteiger partial charge in [0, 0.05) is 0 Å². The van der Waals surface area contributed by atoms with Crippen LogP contribution in [0.3, 0.4) is 0 Å². The summed E-state index contributed by atoms with van der Waals surface area (Å²) in [5.41, 5.74) is 0.191. The molecule has 1 aliphatic rings. The first-order valence-corrected chi connectivity index (χ1v) is 5.74. The second kappa shape index (κ2) is 5.01. The zero-order chi connectivity index (χ0) is 11.4. The third-order valence-electron chi connectivity index (χ3n) is 2.94. The van der Waals surface area contributed by atoms with Gasteiger partial charge in [-0.15, -0.1) is 0 Å². The summed E-state index contributed by atoms with van der Waals surface area (Å²) in [5, 5.41) is 10.6. The van der Waals surface area contributed by atoms with E-state index in [1.54, 1.807) is 12.1 Å². The van der Waals surface area contributed by atoms with Gasteiger partial charge >= 0.3 is 0 Å². The van der Waals surface area contributed by atoms with Crippen molar-refractivity contribution >= 4 is 5.97 Å². The van der Waals surface area contributed by atoms with Gasteiger partial charge in [-0.3, -0.25) is 0 Å². The minimum absolute atomic E-state index is 0.191. The lowest BCUT2D eigenvalue weighted by Gasteiger charge is -2.23. The van der Waals surface area contributed by atoms with E-state index in [-0.39, 0.29) is 5.56 Å². The second-order valence-electron chi connectivity index (χ2n) is 4.19. The summed E-state index contributed by atoms with van der Waals surface area (Å²) in [7, 11) is 0. The molecule has 0 aliphatic heterocycles. The summed E-state index contributed by atoms with van der Waals surface area (Å²) >= 11 is 0. The van der Waals surface area contributed by atoms with Gasteiger partial charge in [0.2, 0.25) is 0 Å². The fourth-order valence-electron chi connectivity index (χ4n) is 2.05. The zero-order valence-corrected chi connectivity index (χ0v) is 9.15. The van der Waals surface area contributed by atoms with Crippen LogP contribution < -0.4 is 9.84 Å². The molecule has 1 aromatic rings. The van der Waals surface area contributed by atoms with Gasteiger partial charge in [-0.05, 0) is 55.5 Å². The smallest absolute Gasteiger partial charge is 0.119 e. The number of carbonyl (C=O) groups excluding carboxylic acids is 1. The molecule has 0 spiro atoms. The minimum Gasteiger partial charge on any atom is -0.545 e. The van der Waals surface area contributed by atoms with Gasteiger partial charge in [0.25, 0.3) is 0 Å². The summed E-state index contributed by atoms with van der Waals surface area (Å²) in [6.07, 6.45) is 6.24. The number of carboxylic acids is 1. The van der Waals surface area contributed by atoms with Gasteiger partial charge in [0.15, 0.2) is 0 Å². The molecule has 1 aliphatic carbocycles. The van der Waals surface area contributed by atoms with Crippen molar-refractivity contribution in [3.8, 4) is 5.75 Å². The SMILES string of the molecule is O=C([O-])c1ccc(OC2CCCCC2)cc1. The van der Waals surface area contributed by atoms with Crippen LogP contribution in [0.5, 0.6) is 5.75 Å². The summed E-state index contributed by atoms with van der Waals surface area (Å²) in [6, 6.07) is 6.43. The summed E-state index contributed by atoms with van der Waals surface area (Å²) in [6.45, 7) is 0. The summed E-state index contributed by atoms with van der Waals surface area (Å²) in [4.78, 5) is 10.6. The third kappa shape index (κ3) is 2.75. The van der Waals surface area contributed by atoms with Crippen LogP contribution in [-0.2, 0) is 0 Å². The van der Waals surface area contributed by atoms with Crippen molar-refractivity contribution in [2.45, 2.75) is 38.2 Å². The van der Waals surface area contributed by atoms with Gasteiger partial charge in [-0.2, -0.15) is 0 Å². The number of hydrogen-bond acceptors (Lipinski definition) is 3. The van der Waals surface area contributed by atoms with Crippen LogP contribution in [0.4, 0.5) is 0 Å². The van der Waals surface area contributed by atoms with Gasteiger partial charge in [-0.1, -0.05) is 6.42 Å². The van der Waals surface area contributed by atoms with Crippen molar-refractivity contribution in [1.29, 1.82) is 0 Å². The molecule has 1 saturated carbocycles. The first-order valence-electron chi connectivity index (χ1n) is 5.74. The molecular weight excluding hydrogens is 204 g/mol. The summed E-state index contributed by atoms with van der Waals surface area (Å²) < 4.78 is 5.78. The first-order chi connectivity index (χ1) is 7.75. The van der Waals surface area contributed by atoms with Crippen molar-refractivity contribution in [3.63, 3.8) is 0 Å². The van der Waals surface area contributed by atoms with E-state index in [0.29, 0.717) is 6.10 Å². The van der Waals surface area contributed by atoms with Crippen LogP contribution in [-0.4, -0.2) is 12.1 Å². The van der Waals surface area contributed by atoms with Gasteiger partial charge < -0.3 is 14.6 Å². The number of rotatable bonds is 3. The predicted molar refractivity (Wildman–Crippen MR) is 58.3 cm³/mol. The molecule has 1 fully saturated rings. The lowest BCUT2D eigenvalue weighted by Crippen LogP contribution is -2.22. The molecule has 0 unspecified atom stereocenters. The first kappa shape index (κ1) is 11.0. The number of ether oxygens (including phenoxy) is 1. The molecule has 0 atom stereocenters. The van der Waals surface area contributed by atoms with Gasteiger partial charge in [0.1, 0.15) is 5.75 Å². The highest BCUT2D eigenvalue weighted by molar-refractivity contribution is 5.85. The zero-order valence-electron chi connectivity index (χ0n) is 9.15. The Balaban J connectivity index is 1.96. The van der Waals surface area contributed by atoms with Crippen molar-refractivity contribution in [1.82, 2.24) is 0 Å². The quantitative estimate of drug-likeness (QED) is 0.778. The highest BCUT2D eigenvalue weighted by Crippen LogP contribution is 2.23. The standard InChI is InChI=1S/C13H16O3/c14-13(15)10-6-8-12(9-7-10)16-11-4-2-1-3-5-11/h6-9,11H,1-5H2,(H,14,15)/p-1. The lowest BCUT2D eigenvalue weighted by molar-refractivity contribution is -0.255. The molecule has 0 amide bonds. The van der Waals surface area contributed by atoms with E-state index in [0.717, 1.165) is 18.6 Å². The molecule has 86 valence electrons. The van der Waals surface area contributed by atoms with E-state index in [1.807, 2.05) is 0 Å². The van der Waals surface area contributed by atoms with Crippen LogP contribution >= 0.6 is 0 Å². The molecule has 0 aromatic heterocycles. The molecule has 16 heavy (non-hydrogen) atoms. The van der Waals surface area contributed by atoms with Crippen LogP contribution in [0.2, 0.25) is 0 Å².